The molecule has 0 fully saturated rings. The summed E-state index contributed by atoms with van der Waals surface area (Å²) >= 11 is 0. The summed E-state index contributed by atoms with van der Waals surface area (Å²) in [6, 6.07) is 5.56. The Hall–Kier alpha value is -1.51. The summed E-state index contributed by atoms with van der Waals surface area (Å²) in [5.41, 5.74) is 1.44. The second-order valence-corrected chi connectivity index (χ2v) is 5.13. The Morgan fingerprint density at radius 3 is 2.70 bits per heavy atom. The van der Waals surface area contributed by atoms with E-state index in [9.17, 15) is 4.79 Å². The molecule has 0 aliphatic carbocycles. The molecule has 0 aliphatic heterocycles. The molecule has 0 unspecified atom stereocenters. The molecular formula is C17H26N2O. The molecule has 0 saturated carbocycles. The van der Waals surface area contributed by atoms with Crippen LogP contribution in [0, 0.1) is 0 Å². The zero-order valence-corrected chi connectivity index (χ0v) is 12.8. The van der Waals surface area contributed by atoms with Crippen molar-refractivity contribution in [3.05, 3.63) is 29.6 Å². The summed E-state index contributed by atoms with van der Waals surface area (Å²) in [7, 11) is 0. The Morgan fingerprint density at radius 1 is 1.20 bits per heavy atom. The first kappa shape index (κ1) is 16.5. The number of rotatable bonds is 10. The van der Waals surface area contributed by atoms with E-state index < -0.39 is 0 Å². The first-order valence-electron chi connectivity index (χ1n) is 7.69. The molecule has 110 valence electrons. The van der Waals surface area contributed by atoms with Crippen LogP contribution in [0.2, 0.25) is 0 Å². The van der Waals surface area contributed by atoms with Gasteiger partial charge in [0.05, 0.1) is 0 Å². The smallest absolute Gasteiger partial charge is 0.178 e. The molecule has 0 aliphatic rings. The minimum absolute atomic E-state index is 0.0101. The maximum atomic E-state index is 11.2. The van der Waals surface area contributed by atoms with Crippen LogP contribution in [0.1, 0.15) is 68.6 Å². The Kier molecular flexibility index (Phi) is 8.52. The summed E-state index contributed by atoms with van der Waals surface area (Å²) in [4.78, 5) is 19.9. The van der Waals surface area contributed by atoms with E-state index in [1.165, 1.54) is 38.5 Å². The third-order valence-corrected chi connectivity index (χ3v) is 3.24. The maximum absolute atomic E-state index is 11.2. The highest BCUT2D eigenvalue weighted by atomic mass is 16.1. The normalized spacial score (nSPS) is 11.1. The van der Waals surface area contributed by atoms with Crippen LogP contribution in [0.3, 0.4) is 0 Å². The van der Waals surface area contributed by atoms with Crippen LogP contribution < -0.4 is 0 Å². The lowest BCUT2D eigenvalue weighted by atomic mass is 10.1. The number of ketones is 1. The highest BCUT2D eigenvalue weighted by Gasteiger charge is 2.00. The largest absolute Gasteiger partial charge is 0.297 e. The third kappa shape index (κ3) is 7.17. The quantitative estimate of drug-likeness (QED) is 0.363. The minimum atomic E-state index is 0.0101. The number of unbranched alkanes of at least 4 members (excludes halogenated alkanes) is 5. The summed E-state index contributed by atoms with van der Waals surface area (Å²) in [6.45, 7) is 4.68. The van der Waals surface area contributed by atoms with Crippen molar-refractivity contribution in [3.8, 4) is 0 Å². The first-order valence-corrected chi connectivity index (χ1v) is 7.69. The Labute approximate surface area is 122 Å². The van der Waals surface area contributed by atoms with Crippen molar-refractivity contribution >= 4 is 12.0 Å². The van der Waals surface area contributed by atoms with Crippen LogP contribution in [0.5, 0.6) is 0 Å². The Bertz CT molecular complexity index is 427. The molecule has 20 heavy (non-hydrogen) atoms. The fraction of sp³-hybridized carbons (Fsp3) is 0.588. The van der Waals surface area contributed by atoms with Gasteiger partial charge in [-0.15, -0.1) is 0 Å². The van der Waals surface area contributed by atoms with Crippen LogP contribution in [-0.4, -0.2) is 23.5 Å². The number of Topliss-reactive ketones (excluding diaryl/α,β-unsaturated/α-hetero) is 1. The predicted molar refractivity (Wildman–Crippen MR) is 84.7 cm³/mol. The van der Waals surface area contributed by atoms with Gasteiger partial charge in [-0.2, -0.15) is 0 Å². The van der Waals surface area contributed by atoms with Crippen LogP contribution in [0.4, 0.5) is 0 Å². The fourth-order valence-electron chi connectivity index (χ4n) is 2.02. The molecule has 0 atom stereocenters. The van der Waals surface area contributed by atoms with Crippen LogP contribution in [0.25, 0.3) is 0 Å². The van der Waals surface area contributed by atoms with Gasteiger partial charge in [-0.05, 0) is 18.6 Å². The van der Waals surface area contributed by atoms with Gasteiger partial charge in [-0.1, -0.05) is 45.1 Å². The minimum Gasteiger partial charge on any atom is -0.297 e. The molecule has 0 spiro atoms. The van der Waals surface area contributed by atoms with Gasteiger partial charge in [-0.25, -0.2) is 4.98 Å². The van der Waals surface area contributed by atoms with E-state index in [4.69, 9.17) is 0 Å². The third-order valence-electron chi connectivity index (χ3n) is 3.24. The lowest BCUT2D eigenvalue weighted by Crippen LogP contribution is -2.00. The molecule has 1 aromatic heterocycles. The lowest BCUT2D eigenvalue weighted by Gasteiger charge is -1.99. The SMILES string of the molecule is CCCCCCCCN=CCc1cccc(C(C)=O)n1. The van der Waals surface area contributed by atoms with Crippen LogP contribution in [0.15, 0.2) is 23.2 Å². The summed E-state index contributed by atoms with van der Waals surface area (Å²) in [5.74, 6) is 0.0101. The van der Waals surface area contributed by atoms with Crippen molar-refractivity contribution in [1.82, 2.24) is 4.98 Å². The fourth-order valence-corrected chi connectivity index (χ4v) is 2.02. The van der Waals surface area contributed by atoms with Gasteiger partial charge in [0.25, 0.3) is 0 Å². The second-order valence-electron chi connectivity index (χ2n) is 5.13. The molecule has 0 aromatic carbocycles. The van der Waals surface area contributed by atoms with Gasteiger partial charge >= 0.3 is 0 Å². The Balaban J connectivity index is 2.18. The topological polar surface area (TPSA) is 42.3 Å². The van der Waals surface area contributed by atoms with Gasteiger partial charge < -0.3 is 0 Å². The molecule has 0 bridgehead atoms. The number of carbonyl (C=O) groups excluding carboxylic acids is 1. The molecule has 0 amide bonds. The van der Waals surface area contributed by atoms with Crippen molar-refractivity contribution in [1.29, 1.82) is 0 Å². The number of carbonyl (C=O) groups is 1. The van der Waals surface area contributed by atoms with Crippen LogP contribution in [-0.2, 0) is 6.42 Å². The van der Waals surface area contributed by atoms with Crippen molar-refractivity contribution < 1.29 is 4.79 Å². The average molecular weight is 274 g/mol. The monoisotopic (exact) mass is 274 g/mol. The van der Waals surface area contributed by atoms with Gasteiger partial charge in [0.15, 0.2) is 5.78 Å². The molecule has 0 N–H and O–H groups in total. The van der Waals surface area contributed by atoms with E-state index in [-0.39, 0.29) is 5.78 Å². The number of nitrogens with zero attached hydrogens (tertiary/aromatic N) is 2. The van der Waals surface area contributed by atoms with Crippen molar-refractivity contribution in [2.75, 3.05) is 6.54 Å². The Morgan fingerprint density at radius 2 is 1.95 bits per heavy atom. The number of pyridine rings is 1. The molecule has 0 radical (unpaired) electrons. The predicted octanol–water partition coefficient (Wildman–Crippen LogP) is 4.26. The van der Waals surface area contributed by atoms with Gasteiger partial charge in [0.1, 0.15) is 5.69 Å². The molecule has 1 aromatic rings. The zero-order valence-electron chi connectivity index (χ0n) is 12.8. The summed E-state index contributed by atoms with van der Waals surface area (Å²) < 4.78 is 0. The van der Waals surface area contributed by atoms with Crippen LogP contribution >= 0.6 is 0 Å². The van der Waals surface area contributed by atoms with Crippen molar-refractivity contribution in [2.45, 2.75) is 58.8 Å². The van der Waals surface area contributed by atoms with Gasteiger partial charge in [0.2, 0.25) is 0 Å². The maximum Gasteiger partial charge on any atom is 0.178 e. The second kappa shape index (κ2) is 10.3. The molecule has 1 rings (SSSR count). The van der Waals surface area contributed by atoms with Crippen molar-refractivity contribution in [3.63, 3.8) is 0 Å². The van der Waals surface area contributed by atoms with E-state index in [1.54, 1.807) is 13.0 Å². The standard InChI is InChI=1S/C17H26N2O/c1-3-4-5-6-7-8-13-18-14-12-16-10-9-11-17(19-16)15(2)20/h9-11,14H,3-8,12-13H2,1-2H3. The average Bonchev–Trinajstić information content (AvgIpc) is 2.46. The van der Waals surface area contributed by atoms with E-state index in [1.807, 2.05) is 18.3 Å². The lowest BCUT2D eigenvalue weighted by molar-refractivity contribution is 0.101. The van der Waals surface area contributed by atoms with E-state index >= 15 is 0 Å². The van der Waals surface area contributed by atoms with E-state index in [2.05, 4.69) is 16.9 Å². The number of aromatic nitrogens is 1. The van der Waals surface area contributed by atoms with Crippen molar-refractivity contribution in [2.24, 2.45) is 4.99 Å². The molecule has 3 nitrogen and oxygen atoms in total. The molecule has 0 saturated heterocycles. The highest BCUT2D eigenvalue weighted by molar-refractivity contribution is 5.92. The first-order chi connectivity index (χ1) is 9.74. The van der Waals surface area contributed by atoms with E-state index in [0.29, 0.717) is 12.1 Å². The highest BCUT2D eigenvalue weighted by Crippen LogP contribution is 2.05. The molecule has 3 heteroatoms. The number of hydrogen-bond acceptors (Lipinski definition) is 3. The number of aliphatic imine (C=N–C) groups is 1. The van der Waals surface area contributed by atoms with Gasteiger partial charge in [-0.3, -0.25) is 9.79 Å². The molecular weight excluding hydrogens is 248 g/mol. The molecule has 1 heterocycles. The number of hydrogen-bond donors (Lipinski definition) is 0. The zero-order chi connectivity index (χ0) is 14.6. The van der Waals surface area contributed by atoms with Gasteiger partial charge in [0, 0.05) is 31.8 Å². The summed E-state index contributed by atoms with van der Waals surface area (Å²) in [5, 5.41) is 0. The van der Waals surface area contributed by atoms with E-state index in [0.717, 1.165) is 12.2 Å². The summed E-state index contributed by atoms with van der Waals surface area (Å²) in [6.07, 6.45) is 10.4.